The van der Waals surface area contributed by atoms with Crippen molar-refractivity contribution in [1.29, 1.82) is 0 Å². The fraction of sp³-hybridized carbons (Fsp3) is 0.207. The van der Waals surface area contributed by atoms with Gasteiger partial charge in [0.1, 0.15) is 13.1 Å². The molecule has 200 valence electrons. The molecule has 39 heavy (non-hydrogen) atoms. The predicted molar refractivity (Wildman–Crippen MR) is 147 cm³/mol. The van der Waals surface area contributed by atoms with Crippen LogP contribution < -0.4 is 21.9 Å². The second-order valence-corrected chi connectivity index (χ2v) is 8.71. The normalized spacial score (nSPS) is 10.7. The Morgan fingerprint density at radius 3 is 2.18 bits per heavy atom. The van der Waals surface area contributed by atoms with E-state index < -0.39 is 42.1 Å². The maximum absolute atomic E-state index is 13.3. The summed E-state index contributed by atoms with van der Waals surface area (Å²) in [4.78, 5) is 63.7. The van der Waals surface area contributed by atoms with Gasteiger partial charge in [-0.15, -0.1) is 0 Å². The number of nitrogens with one attached hydrogen (secondary N) is 2. The SMILES string of the molecule is CCOC(=O)c1ccc(NC(=O)Cn2c(=O)n(CC(=O)NCCc3ccccc3)c(=O)c3ccccc32)cc1. The van der Waals surface area contributed by atoms with Crippen molar-refractivity contribution in [3.8, 4) is 0 Å². The standard InChI is InChI=1S/C29H28N4O6/c1-2-39-28(37)21-12-14-22(15-13-21)31-26(35)19-32-24-11-7-6-10-23(24)27(36)33(29(32)38)18-25(34)30-17-16-20-8-4-3-5-9-20/h3-15H,2,16-19H2,1H3,(H,30,34)(H,31,35). The monoisotopic (exact) mass is 528 g/mol. The molecule has 0 aliphatic carbocycles. The van der Waals surface area contributed by atoms with Crippen molar-refractivity contribution < 1.29 is 19.1 Å². The van der Waals surface area contributed by atoms with E-state index in [9.17, 15) is 24.0 Å². The Kier molecular flexibility index (Phi) is 8.67. The van der Waals surface area contributed by atoms with Gasteiger partial charge in [-0.05, 0) is 55.3 Å². The topological polar surface area (TPSA) is 128 Å². The molecule has 0 spiro atoms. The minimum absolute atomic E-state index is 0.209. The average Bonchev–Trinajstić information content (AvgIpc) is 2.94. The third kappa shape index (κ3) is 6.67. The van der Waals surface area contributed by atoms with E-state index in [1.165, 1.54) is 12.1 Å². The largest absolute Gasteiger partial charge is 0.462 e. The molecule has 0 bridgehead atoms. The summed E-state index contributed by atoms with van der Waals surface area (Å²) in [6.07, 6.45) is 0.602. The molecule has 0 aliphatic heterocycles. The maximum Gasteiger partial charge on any atom is 0.338 e. The van der Waals surface area contributed by atoms with Gasteiger partial charge in [-0.1, -0.05) is 42.5 Å². The van der Waals surface area contributed by atoms with E-state index in [4.69, 9.17) is 4.74 Å². The third-order valence-electron chi connectivity index (χ3n) is 5.99. The number of anilines is 1. The fourth-order valence-electron chi connectivity index (χ4n) is 4.10. The van der Waals surface area contributed by atoms with Crippen molar-refractivity contribution >= 4 is 34.4 Å². The first-order chi connectivity index (χ1) is 18.9. The zero-order chi connectivity index (χ0) is 27.8. The highest BCUT2D eigenvalue weighted by Crippen LogP contribution is 2.12. The molecule has 2 N–H and O–H groups in total. The quantitative estimate of drug-likeness (QED) is 0.304. The van der Waals surface area contributed by atoms with Crippen LogP contribution in [0, 0.1) is 0 Å². The number of ether oxygens (including phenoxy) is 1. The van der Waals surface area contributed by atoms with Crippen molar-refractivity contribution in [3.63, 3.8) is 0 Å². The van der Waals surface area contributed by atoms with Crippen molar-refractivity contribution in [2.24, 2.45) is 0 Å². The van der Waals surface area contributed by atoms with Gasteiger partial charge in [0.2, 0.25) is 11.8 Å². The number of hydrogen-bond acceptors (Lipinski definition) is 6. The van der Waals surface area contributed by atoms with Crippen LogP contribution in [0.1, 0.15) is 22.8 Å². The number of para-hydroxylation sites is 1. The lowest BCUT2D eigenvalue weighted by molar-refractivity contribution is -0.121. The zero-order valence-electron chi connectivity index (χ0n) is 21.4. The summed E-state index contributed by atoms with van der Waals surface area (Å²) in [5, 5.41) is 5.63. The molecule has 0 fully saturated rings. The second kappa shape index (κ2) is 12.5. The zero-order valence-corrected chi connectivity index (χ0v) is 21.4. The molecule has 0 aliphatic rings. The Morgan fingerprint density at radius 1 is 0.795 bits per heavy atom. The Labute approximate surface area is 223 Å². The lowest BCUT2D eigenvalue weighted by Gasteiger charge is -2.14. The van der Waals surface area contributed by atoms with Gasteiger partial charge >= 0.3 is 11.7 Å². The summed E-state index contributed by atoms with van der Waals surface area (Å²) < 4.78 is 6.95. The van der Waals surface area contributed by atoms with Crippen molar-refractivity contribution in [3.05, 3.63) is 111 Å². The molecule has 0 saturated heterocycles. The summed E-state index contributed by atoms with van der Waals surface area (Å²) in [5.41, 5.74) is 0.693. The van der Waals surface area contributed by atoms with Crippen molar-refractivity contribution in [2.75, 3.05) is 18.5 Å². The van der Waals surface area contributed by atoms with Gasteiger partial charge in [0, 0.05) is 12.2 Å². The van der Waals surface area contributed by atoms with Crippen molar-refractivity contribution in [2.45, 2.75) is 26.4 Å². The van der Waals surface area contributed by atoms with E-state index in [-0.39, 0.29) is 17.5 Å². The van der Waals surface area contributed by atoms with Crippen LogP contribution in [0.25, 0.3) is 10.9 Å². The second-order valence-electron chi connectivity index (χ2n) is 8.71. The summed E-state index contributed by atoms with van der Waals surface area (Å²) in [6, 6.07) is 22.2. The van der Waals surface area contributed by atoms with Gasteiger partial charge in [-0.25, -0.2) is 9.59 Å². The number of aromatic nitrogens is 2. The number of nitrogens with zero attached hydrogens (tertiary/aromatic N) is 2. The first-order valence-electron chi connectivity index (χ1n) is 12.5. The average molecular weight is 529 g/mol. The summed E-state index contributed by atoms with van der Waals surface area (Å²) in [7, 11) is 0. The Balaban J connectivity index is 1.51. The Hall–Kier alpha value is -4.99. The lowest BCUT2D eigenvalue weighted by atomic mass is 10.1. The summed E-state index contributed by atoms with van der Waals surface area (Å²) in [5.74, 6) is -1.48. The number of carbonyl (C=O) groups is 3. The molecule has 0 radical (unpaired) electrons. The van der Waals surface area contributed by atoms with Crippen LogP contribution in [0.4, 0.5) is 5.69 Å². The molecule has 1 heterocycles. The molecule has 4 aromatic rings. The number of carbonyl (C=O) groups excluding carboxylic acids is 3. The highest BCUT2D eigenvalue weighted by molar-refractivity contribution is 5.93. The highest BCUT2D eigenvalue weighted by atomic mass is 16.5. The molecule has 4 rings (SSSR count). The molecule has 2 amide bonds. The van der Waals surface area contributed by atoms with E-state index >= 15 is 0 Å². The Morgan fingerprint density at radius 2 is 1.46 bits per heavy atom. The van der Waals surface area contributed by atoms with Gasteiger partial charge in [0.05, 0.1) is 23.1 Å². The number of rotatable bonds is 10. The highest BCUT2D eigenvalue weighted by Gasteiger charge is 2.17. The van der Waals surface area contributed by atoms with Crippen LogP contribution in [0.15, 0.2) is 88.5 Å². The number of esters is 1. The number of fused-ring (bicyclic) bond motifs is 1. The lowest BCUT2D eigenvalue weighted by Crippen LogP contribution is -2.45. The van der Waals surface area contributed by atoms with E-state index in [0.29, 0.717) is 24.2 Å². The maximum atomic E-state index is 13.3. The Bertz CT molecular complexity index is 1610. The van der Waals surface area contributed by atoms with Gasteiger partial charge in [-0.3, -0.25) is 23.5 Å². The molecule has 10 heteroatoms. The fourth-order valence-corrected chi connectivity index (χ4v) is 4.10. The number of hydrogen-bond donors (Lipinski definition) is 2. The van der Waals surface area contributed by atoms with Crippen LogP contribution >= 0.6 is 0 Å². The number of amides is 2. The first kappa shape index (κ1) is 27.1. The van der Waals surface area contributed by atoms with Crippen molar-refractivity contribution in [1.82, 2.24) is 14.5 Å². The molecule has 3 aromatic carbocycles. The van der Waals surface area contributed by atoms with Crippen LogP contribution in [-0.2, 0) is 33.8 Å². The third-order valence-corrected chi connectivity index (χ3v) is 5.99. The molecule has 10 nitrogen and oxygen atoms in total. The smallest absolute Gasteiger partial charge is 0.338 e. The van der Waals surface area contributed by atoms with E-state index in [0.717, 1.165) is 14.7 Å². The van der Waals surface area contributed by atoms with Gasteiger partial charge < -0.3 is 15.4 Å². The first-order valence-corrected chi connectivity index (χ1v) is 12.5. The summed E-state index contributed by atoms with van der Waals surface area (Å²) >= 11 is 0. The van der Waals surface area contributed by atoms with Gasteiger partial charge in [0.25, 0.3) is 5.56 Å². The molecule has 1 aromatic heterocycles. The van der Waals surface area contributed by atoms with E-state index in [1.807, 2.05) is 30.3 Å². The van der Waals surface area contributed by atoms with Crippen LogP contribution in [0.5, 0.6) is 0 Å². The summed E-state index contributed by atoms with van der Waals surface area (Å²) in [6.45, 7) is 1.43. The molecular weight excluding hydrogens is 500 g/mol. The van der Waals surface area contributed by atoms with E-state index in [1.54, 1.807) is 43.3 Å². The van der Waals surface area contributed by atoms with Gasteiger partial charge in [-0.2, -0.15) is 0 Å². The molecule has 0 unspecified atom stereocenters. The van der Waals surface area contributed by atoms with Crippen LogP contribution in [0.3, 0.4) is 0 Å². The number of benzene rings is 3. The molecular formula is C29H28N4O6. The minimum Gasteiger partial charge on any atom is -0.462 e. The molecule has 0 saturated carbocycles. The predicted octanol–water partition coefficient (Wildman–Crippen LogP) is 2.34. The van der Waals surface area contributed by atoms with Gasteiger partial charge in [0.15, 0.2) is 0 Å². The van der Waals surface area contributed by atoms with Crippen LogP contribution in [-0.4, -0.2) is 40.1 Å². The van der Waals surface area contributed by atoms with E-state index in [2.05, 4.69) is 10.6 Å². The minimum atomic E-state index is -0.773. The molecule has 0 atom stereocenters. The van der Waals surface area contributed by atoms with Crippen LogP contribution in [0.2, 0.25) is 0 Å².